The second kappa shape index (κ2) is 6.48. The van der Waals surface area contributed by atoms with Crippen LogP contribution in [0.4, 0.5) is 11.4 Å². The van der Waals surface area contributed by atoms with Crippen molar-refractivity contribution in [1.29, 1.82) is 0 Å². The van der Waals surface area contributed by atoms with E-state index in [1.165, 1.54) is 13.8 Å². The van der Waals surface area contributed by atoms with Crippen LogP contribution >= 0.6 is 0 Å². The lowest BCUT2D eigenvalue weighted by atomic mass is 10.1. The van der Waals surface area contributed by atoms with Gasteiger partial charge in [0.15, 0.2) is 5.78 Å². The molecule has 2 amide bonds. The molecule has 2 rings (SSSR count). The Labute approximate surface area is 134 Å². The number of benzene rings is 1. The third-order valence-electron chi connectivity index (χ3n) is 3.46. The minimum atomic E-state index is -0.335. The molecule has 6 nitrogen and oxygen atoms in total. The number of anilines is 2. The van der Waals surface area contributed by atoms with E-state index in [2.05, 4.69) is 15.6 Å². The van der Waals surface area contributed by atoms with Gasteiger partial charge in [-0.3, -0.25) is 14.4 Å². The topological polar surface area (TPSA) is 91.1 Å². The van der Waals surface area contributed by atoms with Crippen LogP contribution in [0, 0.1) is 13.8 Å². The zero-order valence-corrected chi connectivity index (χ0v) is 13.5. The molecule has 0 radical (unpaired) electrons. The van der Waals surface area contributed by atoms with Gasteiger partial charge < -0.3 is 15.6 Å². The van der Waals surface area contributed by atoms with Crippen molar-refractivity contribution in [3.63, 3.8) is 0 Å². The molecule has 0 fully saturated rings. The average Bonchev–Trinajstić information content (AvgIpc) is 2.73. The predicted octanol–water partition coefficient (Wildman–Crippen LogP) is 3.04. The lowest BCUT2D eigenvalue weighted by Crippen LogP contribution is -2.14. The van der Waals surface area contributed by atoms with Crippen LogP contribution in [0.3, 0.4) is 0 Å². The number of rotatable bonds is 4. The first-order valence-electron chi connectivity index (χ1n) is 7.18. The van der Waals surface area contributed by atoms with Gasteiger partial charge in [0.1, 0.15) is 5.69 Å². The number of Topliss-reactive ketones (excluding diaryl/α,β-unsaturated/α-hetero) is 1. The zero-order valence-electron chi connectivity index (χ0n) is 13.5. The maximum Gasteiger partial charge on any atom is 0.272 e. The van der Waals surface area contributed by atoms with Crippen LogP contribution in [0.5, 0.6) is 0 Å². The maximum atomic E-state index is 12.4. The van der Waals surface area contributed by atoms with Crippen LogP contribution in [-0.2, 0) is 4.79 Å². The quantitative estimate of drug-likeness (QED) is 0.758. The second-order valence-electron chi connectivity index (χ2n) is 5.40. The molecule has 0 saturated carbocycles. The highest BCUT2D eigenvalue weighted by Crippen LogP contribution is 2.21. The summed E-state index contributed by atoms with van der Waals surface area (Å²) in [5.74, 6) is -0.601. The maximum absolute atomic E-state index is 12.4. The fraction of sp³-hybridized carbons (Fsp3) is 0.235. The number of carbonyl (C=O) groups excluding carboxylic acids is 3. The van der Waals surface area contributed by atoms with Crippen molar-refractivity contribution in [2.75, 3.05) is 10.6 Å². The van der Waals surface area contributed by atoms with Crippen LogP contribution in [-0.4, -0.2) is 22.6 Å². The molecule has 1 heterocycles. The number of ketones is 1. The van der Waals surface area contributed by atoms with Gasteiger partial charge in [-0.1, -0.05) is 6.07 Å². The number of hydrogen-bond acceptors (Lipinski definition) is 3. The van der Waals surface area contributed by atoms with E-state index in [-0.39, 0.29) is 17.6 Å². The first-order chi connectivity index (χ1) is 10.8. The molecule has 1 aromatic carbocycles. The fourth-order valence-corrected chi connectivity index (χ4v) is 2.58. The molecule has 2 aromatic rings. The van der Waals surface area contributed by atoms with Crippen molar-refractivity contribution in [1.82, 2.24) is 4.98 Å². The molecule has 0 bridgehead atoms. The van der Waals surface area contributed by atoms with E-state index in [4.69, 9.17) is 0 Å². The van der Waals surface area contributed by atoms with Gasteiger partial charge in [-0.25, -0.2) is 0 Å². The highest BCUT2D eigenvalue weighted by atomic mass is 16.2. The molecule has 0 unspecified atom stereocenters. The number of aromatic nitrogens is 1. The molecule has 3 N–H and O–H groups in total. The van der Waals surface area contributed by atoms with E-state index in [0.717, 1.165) is 0 Å². The van der Waals surface area contributed by atoms with Gasteiger partial charge in [0.25, 0.3) is 5.91 Å². The summed E-state index contributed by atoms with van der Waals surface area (Å²) in [5, 5.41) is 5.41. The number of nitrogens with one attached hydrogen (secondary N) is 3. The number of carbonyl (C=O) groups is 3. The summed E-state index contributed by atoms with van der Waals surface area (Å²) in [6, 6.07) is 6.85. The second-order valence-corrected chi connectivity index (χ2v) is 5.40. The van der Waals surface area contributed by atoms with E-state index in [1.807, 2.05) is 0 Å². The van der Waals surface area contributed by atoms with Crippen LogP contribution in [0.25, 0.3) is 0 Å². The molecular weight excluding hydrogens is 294 g/mol. The molecule has 23 heavy (non-hydrogen) atoms. The Hall–Kier alpha value is -2.89. The van der Waals surface area contributed by atoms with Crippen LogP contribution in [0.15, 0.2) is 24.3 Å². The van der Waals surface area contributed by atoms with E-state index in [0.29, 0.717) is 33.9 Å². The minimum absolute atomic E-state index is 0.0806. The lowest BCUT2D eigenvalue weighted by molar-refractivity contribution is -0.114. The summed E-state index contributed by atoms with van der Waals surface area (Å²) in [6.07, 6.45) is 0. The first-order valence-corrected chi connectivity index (χ1v) is 7.18. The molecule has 0 aliphatic carbocycles. The van der Waals surface area contributed by atoms with Crippen LogP contribution in [0.1, 0.15) is 46.0 Å². The summed E-state index contributed by atoms with van der Waals surface area (Å²) < 4.78 is 0. The summed E-state index contributed by atoms with van der Waals surface area (Å²) >= 11 is 0. The Morgan fingerprint density at radius 1 is 1.00 bits per heavy atom. The van der Waals surface area contributed by atoms with Gasteiger partial charge in [-0.2, -0.15) is 0 Å². The fourth-order valence-electron chi connectivity index (χ4n) is 2.58. The Morgan fingerprint density at radius 2 is 1.61 bits per heavy atom. The molecule has 1 aromatic heterocycles. The summed E-state index contributed by atoms with van der Waals surface area (Å²) in [6.45, 7) is 6.39. The monoisotopic (exact) mass is 313 g/mol. The van der Waals surface area contributed by atoms with Crippen molar-refractivity contribution < 1.29 is 14.4 Å². The average molecular weight is 313 g/mol. The highest BCUT2D eigenvalue weighted by Gasteiger charge is 2.19. The number of aryl methyl sites for hydroxylation is 1. The summed E-state index contributed by atoms with van der Waals surface area (Å²) in [7, 11) is 0. The van der Waals surface area contributed by atoms with E-state index >= 15 is 0 Å². The molecule has 0 aliphatic heterocycles. The lowest BCUT2D eigenvalue weighted by Gasteiger charge is -2.08. The molecule has 0 aliphatic rings. The standard InChI is InChI=1S/C17H19N3O3/c1-9-15(11(3)21)10(2)18-16(9)17(23)20-14-7-5-6-13(8-14)19-12(4)22/h5-8,18H,1-4H3,(H,19,22)(H,20,23). The van der Waals surface area contributed by atoms with Gasteiger partial charge >= 0.3 is 0 Å². The smallest absolute Gasteiger partial charge is 0.272 e. The number of H-pyrrole nitrogens is 1. The largest absolute Gasteiger partial charge is 0.354 e. The number of aromatic amines is 1. The molecule has 0 atom stereocenters. The van der Waals surface area contributed by atoms with Crippen molar-refractivity contribution in [2.24, 2.45) is 0 Å². The van der Waals surface area contributed by atoms with Gasteiger partial charge in [0, 0.05) is 29.6 Å². The first kappa shape index (κ1) is 16.5. The van der Waals surface area contributed by atoms with Gasteiger partial charge in [0.2, 0.25) is 5.91 Å². The number of amides is 2. The molecule has 120 valence electrons. The molecule has 0 saturated heterocycles. The van der Waals surface area contributed by atoms with Crippen molar-refractivity contribution in [2.45, 2.75) is 27.7 Å². The molecule has 0 spiro atoms. The molecule has 6 heteroatoms. The van der Waals surface area contributed by atoms with Crippen LogP contribution in [0.2, 0.25) is 0 Å². The highest BCUT2D eigenvalue weighted by molar-refractivity contribution is 6.07. The van der Waals surface area contributed by atoms with Gasteiger partial charge in [-0.05, 0) is 44.5 Å². The van der Waals surface area contributed by atoms with Gasteiger partial charge in [-0.15, -0.1) is 0 Å². The summed E-state index contributed by atoms with van der Waals surface area (Å²) in [4.78, 5) is 38.1. The van der Waals surface area contributed by atoms with Crippen molar-refractivity contribution in [3.05, 3.63) is 46.8 Å². The summed E-state index contributed by atoms with van der Waals surface area (Å²) in [5.41, 5.74) is 3.36. The third kappa shape index (κ3) is 3.66. The van der Waals surface area contributed by atoms with Crippen LogP contribution < -0.4 is 10.6 Å². The number of hydrogen-bond donors (Lipinski definition) is 3. The SMILES string of the molecule is CC(=O)Nc1cccc(NC(=O)c2[nH]c(C)c(C(C)=O)c2C)c1. The Morgan fingerprint density at radius 3 is 2.13 bits per heavy atom. The normalized spacial score (nSPS) is 10.3. The Bertz CT molecular complexity index is 790. The zero-order chi connectivity index (χ0) is 17.1. The Balaban J connectivity index is 2.25. The predicted molar refractivity (Wildman–Crippen MR) is 89.0 cm³/mol. The van der Waals surface area contributed by atoms with E-state index in [1.54, 1.807) is 38.1 Å². The van der Waals surface area contributed by atoms with E-state index < -0.39 is 0 Å². The van der Waals surface area contributed by atoms with Gasteiger partial charge in [0.05, 0.1) is 0 Å². The van der Waals surface area contributed by atoms with Crippen molar-refractivity contribution in [3.8, 4) is 0 Å². The third-order valence-corrected chi connectivity index (χ3v) is 3.46. The van der Waals surface area contributed by atoms with Crippen molar-refractivity contribution >= 4 is 29.0 Å². The Kier molecular flexibility index (Phi) is 4.64. The molecular formula is C17H19N3O3. The minimum Gasteiger partial charge on any atom is -0.354 e. The van der Waals surface area contributed by atoms with E-state index in [9.17, 15) is 14.4 Å².